The van der Waals surface area contributed by atoms with Crippen molar-refractivity contribution in [2.45, 2.75) is 20.8 Å². The molecule has 0 saturated heterocycles. The van der Waals surface area contributed by atoms with Crippen molar-refractivity contribution in [3.05, 3.63) is 30.9 Å². The molecule has 0 saturated carbocycles. The summed E-state index contributed by atoms with van der Waals surface area (Å²) in [5, 5.41) is 4.35. The number of hydrogen-bond donors (Lipinski definition) is 1. The van der Waals surface area contributed by atoms with Crippen LogP contribution in [0, 0.1) is 24.3 Å². The maximum atomic E-state index is 11.5. The summed E-state index contributed by atoms with van der Waals surface area (Å²) >= 11 is 2.19. The van der Waals surface area contributed by atoms with Crippen molar-refractivity contribution < 1.29 is 0 Å². The summed E-state index contributed by atoms with van der Waals surface area (Å²) in [7, 11) is 0. The van der Waals surface area contributed by atoms with Crippen LogP contribution in [0.1, 0.15) is 17.0 Å². The molecule has 0 aliphatic heterocycles. The van der Waals surface area contributed by atoms with Crippen LogP contribution < -0.4 is 5.56 Å². The molecule has 0 atom stereocenters. The van der Waals surface area contributed by atoms with E-state index in [0.717, 1.165) is 26.2 Å². The first-order valence-electron chi connectivity index (χ1n) is 4.26. The van der Waals surface area contributed by atoms with Gasteiger partial charge in [0.15, 0.2) is 0 Å². The zero-order valence-electron chi connectivity index (χ0n) is 8.18. The lowest BCUT2D eigenvalue weighted by molar-refractivity contribution is 0.856. The van der Waals surface area contributed by atoms with Crippen molar-refractivity contribution in [3.63, 3.8) is 0 Å². The Hall–Kier alpha value is -0.850. The SMILES string of the molecule is Cc1nn2c(C)c(C)c(=O)[nH]c2c1I. The van der Waals surface area contributed by atoms with Crippen LogP contribution in [0.25, 0.3) is 5.65 Å². The largest absolute Gasteiger partial charge is 0.306 e. The van der Waals surface area contributed by atoms with Crippen LogP contribution in [0.5, 0.6) is 0 Å². The third kappa shape index (κ3) is 1.18. The summed E-state index contributed by atoms with van der Waals surface area (Å²) in [5.74, 6) is 0. The summed E-state index contributed by atoms with van der Waals surface area (Å²) in [5.41, 5.74) is 3.31. The molecule has 1 N–H and O–H groups in total. The number of aromatic nitrogens is 3. The second kappa shape index (κ2) is 3.08. The molecule has 0 aromatic carbocycles. The molecular weight excluding hydrogens is 293 g/mol. The molecule has 2 aromatic heterocycles. The Kier molecular flexibility index (Phi) is 2.13. The minimum atomic E-state index is -0.0344. The number of aromatic amines is 1. The number of halogens is 1. The minimum Gasteiger partial charge on any atom is -0.306 e. The first kappa shape index (κ1) is 9.70. The average Bonchev–Trinajstić information content (AvgIpc) is 2.42. The first-order chi connectivity index (χ1) is 6.52. The normalized spacial score (nSPS) is 11.1. The Balaban J connectivity index is 3.05. The zero-order valence-corrected chi connectivity index (χ0v) is 10.3. The molecule has 0 fully saturated rings. The van der Waals surface area contributed by atoms with Crippen LogP contribution in [0.15, 0.2) is 4.79 Å². The fourth-order valence-electron chi connectivity index (χ4n) is 1.38. The second-order valence-corrected chi connectivity index (χ2v) is 4.40. The van der Waals surface area contributed by atoms with Gasteiger partial charge in [-0.15, -0.1) is 0 Å². The fraction of sp³-hybridized carbons (Fsp3) is 0.333. The lowest BCUT2D eigenvalue weighted by Crippen LogP contribution is -2.15. The summed E-state index contributed by atoms with van der Waals surface area (Å²) in [4.78, 5) is 14.3. The van der Waals surface area contributed by atoms with Crippen LogP contribution in [0.3, 0.4) is 0 Å². The van der Waals surface area contributed by atoms with E-state index < -0.39 is 0 Å². The van der Waals surface area contributed by atoms with Gasteiger partial charge in [0.2, 0.25) is 0 Å². The minimum absolute atomic E-state index is 0.0344. The van der Waals surface area contributed by atoms with Gasteiger partial charge in [-0.25, -0.2) is 4.52 Å². The van der Waals surface area contributed by atoms with Crippen molar-refractivity contribution in [2.24, 2.45) is 0 Å². The van der Waals surface area contributed by atoms with Gasteiger partial charge < -0.3 is 4.98 Å². The Morgan fingerprint density at radius 2 is 2.00 bits per heavy atom. The average molecular weight is 303 g/mol. The maximum absolute atomic E-state index is 11.5. The van der Waals surface area contributed by atoms with Crippen molar-refractivity contribution in [2.75, 3.05) is 0 Å². The molecule has 2 aromatic rings. The number of aryl methyl sites for hydroxylation is 2. The highest BCUT2D eigenvalue weighted by Gasteiger charge is 2.11. The maximum Gasteiger partial charge on any atom is 0.254 e. The van der Waals surface area contributed by atoms with Crippen LogP contribution >= 0.6 is 22.6 Å². The van der Waals surface area contributed by atoms with Crippen LogP contribution in [-0.4, -0.2) is 14.6 Å². The van der Waals surface area contributed by atoms with Gasteiger partial charge in [0.05, 0.1) is 9.26 Å². The quantitative estimate of drug-likeness (QED) is 0.751. The molecule has 0 radical (unpaired) electrons. The molecule has 0 aliphatic carbocycles. The van der Waals surface area contributed by atoms with E-state index in [1.165, 1.54) is 0 Å². The smallest absolute Gasteiger partial charge is 0.254 e. The van der Waals surface area contributed by atoms with Crippen molar-refractivity contribution in [1.82, 2.24) is 14.6 Å². The third-order valence-corrected chi connectivity index (χ3v) is 3.71. The molecule has 4 nitrogen and oxygen atoms in total. The Labute approximate surface area is 94.5 Å². The van der Waals surface area contributed by atoms with Crippen molar-refractivity contribution in [3.8, 4) is 0 Å². The van der Waals surface area contributed by atoms with Gasteiger partial charge >= 0.3 is 0 Å². The summed E-state index contributed by atoms with van der Waals surface area (Å²) in [6, 6.07) is 0. The van der Waals surface area contributed by atoms with E-state index in [1.54, 1.807) is 11.4 Å². The highest BCUT2D eigenvalue weighted by atomic mass is 127. The molecule has 0 unspecified atom stereocenters. The van der Waals surface area contributed by atoms with E-state index in [-0.39, 0.29) is 5.56 Å². The van der Waals surface area contributed by atoms with E-state index in [0.29, 0.717) is 0 Å². The van der Waals surface area contributed by atoms with Gasteiger partial charge in [-0.05, 0) is 43.4 Å². The molecule has 0 amide bonds. The van der Waals surface area contributed by atoms with Gasteiger partial charge in [0, 0.05) is 11.3 Å². The number of rotatable bonds is 0. The van der Waals surface area contributed by atoms with Gasteiger partial charge in [-0.3, -0.25) is 4.79 Å². The highest BCUT2D eigenvalue weighted by Crippen LogP contribution is 2.16. The van der Waals surface area contributed by atoms with Crippen LogP contribution in [0.4, 0.5) is 0 Å². The zero-order chi connectivity index (χ0) is 10.5. The third-order valence-electron chi connectivity index (χ3n) is 2.42. The molecule has 0 aliphatic rings. The van der Waals surface area contributed by atoms with E-state index in [9.17, 15) is 4.79 Å². The number of nitrogens with zero attached hydrogens (tertiary/aromatic N) is 2. The number of H-pyrrole nitrogens is 1. The van der Waals surface area contributed by atoms with Crippen molar-refractivity contribution in [1.29, 1.82) is 0 Å². The molecule has 2 heterocycles. The highest BCUT2D eigenvalue weighted by molar-refractivity contribution is 14.1. The molecular formula is C9H10IN3O. The van der Waals surface area contributed by atoms with Gasteiger partial charge in [-0.2, -0.15) is 5.10 Å². The Morgan fingerprint density at radius 3 is 2.64 bits per heavy atom. The lowest BCUT2D eigenvalue weighted by Gasteiger charge is -2.01. The van der Waals surface area contributed by atoms with Gasteiger partial charge in [0.25, 0.3) is 5.56 Å². The molecule has 14 heavy (non-hydrogen) atoms. The number of fused-ring (bicyclic) bond motifs is 1. The Bertz CT molecular complexity index is 567. The Morgan fingerprint density at radius 1 is 1.36 bits per heavy atom. The first-order valence-corrected chi connectivity index (χ1v) is 5.34. The van der Waals surface area contributed by atoms with E-state index in [4.69, 9.17) is 0 Å². The fourth-order valence-corrected chi connectivity index (χ4v) is 1.85. The topological polar surface area (TPSA) is 50.2 Å². The molecule has 0 spiro atoms. The molecule has 74 valence electrons. The predicted molar refractivity (Wildman–Crippen MR) is 62.7 cm³/mol. The monoisotopic (exact) mass is 303 g/mol. The van der Waals surface area contributed by atoms with Gasteiger partial charge in [0.1, 0.15) is 5.65 Å². The summed E-state index contributed by atoms with van der Waals surface area (Å²) < 4.78 is 2.79. The predicted octanol–water partition coefficient (Wildman–Crippen LogP) is 1.55. The van der Waals surface area contributed by atoms with Crippen LogP contribution in [0.2, 0.25) is 0 Å². The number of hydrogen-bond acceptors (Lipinski definition) is 2. The molecule has 2 rings (SSSR count). The van der Waals surface area contributed by atoms with Crippen LogP contribution in [-0.2, 0) is 0 Å². The summed E-state index contributed by atoms with van der Waals surface area (Å²) in [6.07, 6.45) is 0. The molecule has 0 bridgehead atoms. The standard InChI is InChI=1S/C9H10IN3O/c1-4-6(3)13-8(11-9(4)14)7(10)5(2)12-13/h1-3H3,(H,11,14). The molecule has 5 heteroatoms. The van der Waals surface area contributed by atoms with E-state index in [1.807, 2.05) is 13.8 Å². The van der Waals surface area contributed by atoms with Crippen molar-refractivity contribution >= 4 is 28.2 Å². The lowest BCUT2D eigenvalue weighted by atomic mass is 10.3. The number of nitrogens with one attached hydrogen (secondary N) is 1. The van der Waals surface area contributed by atoms with Gasteiger partial charge in [-0.1, -0.05) is 0 Å². The van der Waals surface area contributed by atoms with E-state index in [2.05, 4.69) is 32.7 Å². The second-order valence-electron chi connectivity index (χ2n) is 3.32. The van der Waals surface area contributed by atoms with E-state index >= 15 is 0 Å². The summed E-state index contributed by atoms with van der Waals surface area (Å²) in [6.45, 7) is 5.64.